The van der Waals surface area contributed by atoms with E-state index in [1.807, 2.05) is 31.1 Å². The van der Waals surface area contributed by atoms with E-state index in [0.29, 0.717) is 36.7 Å². The molecule has 8 heteroatoms. The zero-order valence-electron chi connectivity index (χ0n) is 14.1. The Kier molecular flexibility index (Phi) is 3.72. The number of nitrogens with zero attached hydrogens (tertiary/aromatic N) is 5. The van der Waals surface area contributed by atoms with E-state index >= 15 is 0 Å². The van der Waals surface area contributed by atoms with Crippen LogP contribution in [0.3, 0.4) is 0 Å². The summed E-state index contributed by atoms with van der Waals surface area (Å²) in [5.74, 6) is 1.33. The average molecular weight is 338 g/mol. The van der Waals surface area contributed by atoms with Crippen LogP contribution in [0.2, 0.25) is 0 Å². The minimum atomic E-state index is -0.108. The minimum absolute atomic E-state index is 0.108. The molecular formula is C17H18N6O2. The van der Waals surface area contributed by atoms with Crippen LogP contribution < -0.4 is 4.90 Å². The number of aromatic amines is 1. The van der Waals surface area contributed by atoms with Crippen LogP contribution in [-0.4, -0.2) is 51.8 Å². The van der Waals surface area contributed by atoms with Crippen LogP contribution in [0.4, 0.5) is 5.82 Å². The molecule has 0 unspecified atom stereocenters. The molecule has 25 heavy (non-hydrogen) atoms. The quantitative estimate of drug-likeness (QED) is 0.782. The highest BCUT2D eigenvalue weighted by Crippen LogP contribution is 2.23. The van der Waals surface area contributed by atoms with Gasteiger partial charge in [-0.3, -0.25) is 9.89 Å². The lowest BCUT2D eigenvalue weighted by Crippen LogP contribution is -2.36. The zero-order valence-corrected chi connectivity index (χ0v) is 14.1. The summed E-state index contributed by atoms with van der Waals surface area (Å²) in [4.78, 5) is 16.5. The number of furan rings is 1. The van der Waals surface area contributed by atoms with E-state index in [0.717, 1.165) is 17.1 Å². The van der Waals surface area contributed by atoms with Gasteiger partial charge >= 0.3 is 0 Å². The van der Waals surface area contributed by atoms with Gasteiger partial charge in [0.25, 0.3) is 5.91 Å². The van der Waals surface area contributed by atoms with E-state index in [-0.39, 0.29) is 5.91 Å². The van der Waals surface area contributed by atoms with E-state index in [9.17, 15) is 4.79 Å². The lowest BCUT2D eigenvalue weighted by atomic mass is 10.1. The van der Waals surface area contributed by atoms with Crippen LogP contribution in [0, 0.1) is 0 Å². The average Bonchev–Trinajstić information content (AvgIpc) is 3.31. The fourth-order valence-electron chi connectivity index (χ4n) is 2.86. The maximum absolute atomic E-state index is 12.8. The van der Waals surface area contributed by atoms with Crippen molar-refractivity contribution in [3.8, 4) is 11.5 Å². The van der Waals surface area contributed by atoms with Crippen LogP contribution in [0.5, 0.6) is 0 Å². The normalized spacial score (nSPS) is 13.6. The molecule has 0 aromatic carbocycles. The van der Waals surface area contributed by atoms with Crippen molar-refractivity contribution in [1.82, 2.24) is 25.3 Å². The minimum Gasteiger partial charge on any atom is -0.463 e. The first-order valence-corrected chi connectivity index (χ1v) is 8.03. The number of H-pyrrole nitrogens is 1. The molecule has 0 fully saturated rings. The van der Waals surface area contributed by atoms with Gasteiger partial charge in [-0.15, -0.1) is 5.10 Å². The molecule has 0 aliphatic carbocycles. The van der Waals surface area contributed by atoms with Gasteiger partial charge in [0.05, 0.1) is 12.0 Å². The molecule has 0 spiro atoms. The van der Waals surface area contributed by atoms with Crippen LogP contribution in [-0.2, 0) is 13.0 Å². The number of nitrogens with one attached hydrogen (secondary N) is 1. The second-order valence-corrected chi connectivity index (χ2v) is 6.19. The smallest absolute Gasteiger partial charge is 0.274 e. The first-order chi connectivity index (χ1) is 12.1. The lowest BCUT2D eigenvalue weighted by Gasteiger charge is -2.28. The molecule has 8 nitrogen and oxygen atoms in total. The van der Waals surface area contributed by atoms with Crippen molar-refractivity contribution >= 4 is 11.7 Å². The molecule has 3 aromatic heterocycles. The van der Waals surface area contributed by atoms with Crippen molar-refractivity contribution < 1.29 is 9.21 Å². The van der Waals surface area contributed by atoms with Gasteiger partial charge in [0, 0.05) is 39.7 Å². The molecule has 128 valence electrons. The Labute approximate surface area is 144 Å². The van der Waals surface area contributed by atoms with Crippen molar-refractivity contribution in [3.63, 3.8) is 0 Å². The van der Waals surface area contributed by atoms with Crippen molar-refractivity contribution in [2.75, 3.05) is 25.5 Å². The molecule has 0 saturated carbocycles. The molecule has 3 aromatic rings. The van der Waals surface area contributed by atoms with Crippen molar-refractivity contribution in [3.05, 3.63) is 47.5 Å². The predicted molar refractivity (Wildman–Crippen MR) is 91.1 cm³/mol. The first-order valence-electron chi connectivity index (χ1n) is 8.03. The van der Waals surface area contributed by atoms with E-state index in [1.54, 1.807) is 23.3 Å². The third kappa shape index (κ3) is 2.86. The summed E-state index contributed by atoms with van der Waals surface area (Å²) >= 11 is 0. The zero-order chi connectivity index (χ0) is 17.4. The number of aromatic nitrogens is 4. The number of carbonyl (C=O) groups is 1. The van der Waals surface area contributed by atoms with Gasteiger partial charge in [0.1, 0.15) is 5.69 Å². The second kappa shape index (κ2) is 6.04. The van der Waals surface area contributed by atoms with E-state index in [1.165, 1.54) is 0 Å². The molecule has 1 amide bonds. The van der Waals surface area contributed by atoms with Gasteiger partial charge in [-0.05, 0) is 23.8 Å². The summed E-state index contributed by atoms with van der Waals surface area (Å²) < 4.78 is 5.32. The molecule has 1 N–H and O–H groups in total. The fraction of sp³-hybridized carbons (Fsp3) is 0.294. The topological polar surface area (TPSA) is 91.2 Å². The number of anilines is 1. The van der Waals surface area contributed by atoms with Gasteiger partial charge in [-0.2, -0.15) is 10.2 Å². The fourth-order valence-corrected chi connectivity index (χ4v) is 2.86. The van der Waals surface area contributed by atoms with E-state index < -0.39 is 0 Å². The van der Waals surface area contributed by atoms with Crippen LogP contribution >= 0.6 is 0 Å². The third-order valence-corrected chi connectivity index (χ3v) is 4.26. The number of hydrogen-bond donors (Lipinski definition) is 1. The SMILES string of the molecule is CN(C)c1cc2c(nn1)CCN(C(=O)c1cc(-c3ccco3)[nH]n1)C2. The van der Waals surface area contributed by atoms with E-state index in [4.69, 9.17) is 4.42 Å². The molecule has 4 rings (SSSR count). The van der Waals surface area contributed by atoms with Gasteiger partial charge in [0.2, 0.25) is 0 Å². The van der Waals surface area contributed by atoms with Crippen molar-refractivity contribution in [1.29, 1.82) is 0 Å². The number of rotatable bonds is 3. The van der Waals surface area contributed by atoms with Crippen LogP contribution in [0.15, 0.2) is 34.9 Å². The van der Waals surface area contributed by atoms with Gasteiger partial charge in [-0.1, -0.05) is 0 Å². The number of fused-ring (bicyclic) bond motifs is 1. The monoisotopic (exact) mass is 338 g/mol. The Morgan fingerprint density at radius 3 is 2.96 bits per heavy atom. The molecule has 4 heterocycles. The van der Waals surface area contributed by atoms with E-state index in [2.05, 4.69) is 20.4 Å². The van der Waals surface area contributed by atoms with Crippen molar-refractivity contribution in [2.45, 2.75) is 13.0 Å². The maximum atomic E-state index is 12.8. The van der Waals surface area contributed by atoms with Crippen molar-refractivity contribution in [2.24, 2.45) is 0 Å². The number of hydrogen-bond acceptors (Lipinski definition) is 6. The molecular weight excluding hydrogens is 320 g/mol. The Hall–Kier alpha value is -3.16. The Bertz CT molecular complexity index is 900. The molecule has 0 atom stereocenters. The van der Waals surface area contributed by atoms with Crippen LogP contribution in [0.1, 0.15) is 21.7 Å². The third-order valence-electron chi connectivity index (χ3n) is 4.26. The summed E-state index contributed by atoms with van der Waals surface area (Å²) in [5, 5.41) is 15.5. The van der Waals surface area contributed by atoms with Gasteiger partial charge in [0.15, 0.2) is 17.3 Å². The number of amides is 1. The molecule has 1 aliphatic rings. The summed E-state index contributed by atoms with van der Waals surface area (Å²) in [7, 11) is 3.84. The summed E-state index contributed by atoms with van der Waals surface area (Å²) in [6.07, 6.45) is 2.28. The van der Waals surface area contributed by atoms with Crippen LogP contribution in [0.25, 0.3) is 11.5 Å². The standard InChI is InChI=1S/C17H18N6O2/c1-22(2)16-8-11-10-23(6-5-12(11)18-21-16)17(24)14-9-13(19-20-14)15-4-3-7-25-15/h3-4,7-9H,5-6,10H2,1-2H3,(H,19,20). The Balaban J connectivity index is 1.55. The van der Waals surface area contributed by atoms with Gasteiger partial charge < -0.3 is 14.2 Å². The first kappa shape index (κ1) is 15.4. The maximum Gasteiger partial charge on any atom is 0.274 e. The molecule has 0 saturated heterocycles. The molecule has 0 bridgehead atoms. The molecule has 1 aliphatic heterocycles. The Morgan fingerprint density at radius 2 is 2.20 bits per heavy atom. The summed E-state index contributed by atoms with van der Waals surface area (Å²) in [6, 6.07) is 7.32. The Morgan fingerprint density at radius 1 is 1.32 bits per heavy atom. The highest BCUT2D eigenvalue weighted by Gasteiger charge is 2.25. The molecule has 0 radical (unpaired) electrons. The highest BCUT2D eigenvalue weighted by atomic mass is 16.3. The lowest BCUT2D eigenvalue weighted by molar-refractivity contribution is 0.0727. The summed E-state index contributed by atoms with van der Waals surface area (Å²) in [6.45, 7) is 1.11. The summed E-state index contributed by atoms with van der Waals surface area (Å²) in [5.41, 5.74) is 3.05. The largest absolute Gasteiger partial charge is 0.463 e. The highest BCUT2D eigenvalue weighted by molar-refractivity contribution is 5.93. The predicted octanol–water partition coefficient (Wildman–Crippen LogP) is 1.72. The second-order valence-electron chi connectivity index (χ2n) is 6.19. The number of carbonyl (C=O) groups excluding carboxylic acids is 1. The van der Waals surface area contributed by atoms with Gasteiger partial charge in [-0.25, -0.2) is 0 Å².